The molecule has 0 saturated carbocycles. The van der Waals surface area contributed by atoms with E-state index in [0.717, 1.165) is 11.4 Å². The summed E-state index contributed by atoms with van der Waals surface area (Å²) >= 11 is 0. The Labute approximate surface area is 190 Å². The molecule has 3 heterocycles. The third-order valence-corrected chi connectivity index (χ3v) is 5.01. The number of hydrogen-bond donors (Lipinski definition) is 2. The van der Waals surface area contributed by atoms with Crippen molar-refractivity contribution in [2.24, 2.45) is 0 Å². The predicted molar refractivity (Wildman–Crippen MR) is 127 cm³/mol. The fraction of sp³-hybridized carbons (Fsp3) is 0.0400. The number of aromatic nitrogens is 5. The maximum atomic E-state index is 12.6. The average molecular weight is 435 g/mol. The van der Waals surface area contributed by atoms with Gasteiger partial charge in [0.05, 0.1) is 0 Å². The standard InChI is InChI=1S/C25H21N7O/c1-18-27-23(17-24(28-18)32-16-4-13-26-32)29-20-7-9-21(10-8-20)30-25(33)19-5-11-22(12-6-19)31-14-2-3-15-31/h2-17H,1H3,(H,30,33)(H,27,28,29). The van der Waals surface area contributed by atoms with Crippen LogP contribution in [-0.2, 0) is 0 Å². The van der Waals surface area contributed by atoms with Gasteiger partial charge in [-0.3, -0.25) is 4.79 Å². The summed E-state index contributed by atoms with van der Waals surface area (Å²) in [5.74, 6) is 1.82. The number of aryl methyl sites for hydroxylation is 1. The summed E-state index contributed by atoms with van der Waals surface area (Å²) in [6.07, 6.45) is 7.46. The average Bonchev–Trinajstić information content (AvgIpc) is 3.55. The van der Waals surface area contributed by atoms with Gasteiger partial charge in [0.1, 0.15) is 11.6 Å². The Morgan fingerprint density at radius 1 is 0.848 bits per heavy atom. The van der Waals surface area contributed by atoms with Crippen molar-refractivity contribution in [3.63, 3.8) is 0 Å². The molecule has 162 valence electrons. The fourth-order valence-corrected chi connectivity index (χ4v) is 3.42. The number of carbonyl (C=O) groups excluding carboxylic acids is 1. The van der Waals surface area contributed by atoms with E-state index in [0.29, 0.717) is 28.7 Å². The van der Waals surface area contributed by atoms with Gasteiger partial charge in [0.2, 0.25) is 0 Å². The Balaban J connectivity index is 1.25. The second-order valence-electron chi connectivity index (χ2n) is 7.40. The van der Waals surface area contributed by atoms with Crippen molar-refractivity contribution in [2.45, 2.75) is 6.92 Å². The van der Waals surface area contributed by atoms with Gasteiger partial charge in [0.15, 0.2) is 5.82 Å². The number of hydrogen-bond acceptors (Lipinski definition) is 5. The highest BCUT2D eigenvalue weighted by atomic mass is 16.1. The van der Waals surface area contributed by atoms with E-state index < -0.39 is 0 Å². The molecule has 0 fully saturated rings. The molecule has 8 heteroatoms. The molecule has 8 nitrogen and oxygen atoms in total. The van der Waals surface area contributed by atoms with E-state index in [-0.39, 0.29) is 5.91 Å². The van der Waals surface area contributed by atoms with Crippen molar-refractivity contribution in [3.8, 4) is 11.5 Å². The smallest absolute Gasteiger partial charge is 0.255 e. The minimum atomic E-state index is -0.162. The topological polar surface area (TPSA) is 89.7 Å². The molecule has 2 N–H and O–H groups in total. The Morgan fingerprint density at radius 2 is 1.58 bits per heavy atom. The maximum Gasteiger partial charge on any atom is 0.255 e. The molecule has 0 atom stereocenters. The number of rotatable bonds is 6. The van der Waals surface area contributed by atoms with Gasteiger partial charge in [-0.1, -0.05) is 0 Å². The highest BCUT2D eigenvalue weighted by molar-refractivity contribution is 6.04. The number of nitrogens with one attached hydrogen (secondary N) is 2. The maximum absolute atomic E-state index is 12.6. The molecule has 0 spiro atoms. The van der Waals surface area contributed by atoms with Crippen molar-refractivity contribution in [1.82, 2.24) is 24.3 Å². The van der Waals surface area contributed by atoms with E-state index in [4.69, 9.17) is 0 Å². The highest BCUT2D eigenvalue weighted by Crippen LogP contribution is 2.20. The first-order valence-electron chi connectivity index (χ1n) is 10.4. The fourth-order valence-electron chi connectivity index (χ4n) is 3.42. The molecular weight excluding hydrogens is 414 g/mol. The van der Waals surface area contributed by atoms with Crippen molar-refractivity contribution >= 4 is 23.1 Å². The Kier molecular flexibility index (Phi) is 5.38. The molecule has 3 aromatic heterocycles. The lowest BCUT2D eigenvalue weighted by Crippen LogP contribution is -2.11. The zero-order valence-corrected chi connectivity index (χ0v) is 17.9. The minimum absolute atomic E-state index is 0.162. The Bertz CT molecular complexity index is 1360. The van der Waals surface area contributed by atoms with Gasteiger partial charge in [-0.15, -0.1) is 0 Å². The van der Waals surface area contributed by atoms with Crippen LogP contribution in [0.3, 0.4) is 0 Å². The SMILES string of the molecule is Cc1nc(Nc2ccc(NC(=O)c3ccc(-n4cccc4)cc3)cc2)cc(-n2cccn2)n1. The molecule has 33 heavy (non-hydrogen) atoms. The van der Waals surface area contributed by atoms with Gasteiger partial charge in [-0.2, -0.15) is 5.10 Å². The van der Waals surface area contributed by atoms with Crippen LogP contribution < -0.4 is 10.6 Å². The summed E-state index contributed by atoms with van der Waals surface area (Å²) in [5.41, 5.74) is 3.14. The molecule has 2 aromatic carbocycles. The number of amides is 1. The molecule has 0 aliphatic rings. The predicted octanol–water partition coefficient (Wildman–Crippen LogP) is 4.76. The molecule has 0 radical (unpaired) electrons. The van der Waals surface area contributed by atoms with Gasteiger partial charge in [0, 0.05) is 53.5 Å². The van der Waals surface area contributed by atoms with Crippen LogP contribution in [0.15, 0.2) is 97.6 Å². The molecule has 0 saturated heterocycles. The van der Waals surface area contributed by atoms with Crippen LogP contribution in [-0.4, -0.2) is 30.2 Å². The summed E-state index contributed by atoms with van der Waals surface area (Å²) in [6.45, 7) is 1.84. The van der Waals surface area contributed by atoms with E-state index >= 15 is 0 Å². The molecule has 5 rings (SSSR count). The quantitative estimate of drug-likeness (QED) is 0.401. The molecular formula is C25H21N7O. The van der Waals surface area contributed by atoms with Crippen LogP contribution in [0.5, 0.6) is 0 Å². The zero-order chi connectivity index (χ0) is 22.6. The van der Waals surface area contributed by atoms with Crippen molar-refractivity contribution in [3.05, 3.63) is 109 Å². The van der Waals surface area contributed by atoms with Gasteiger partial charge < -0.3 is 15.2 Å². The van der Waals surface area contributed by atoms with Gasteiger partial charge >= 0.3 is 0 Å². The lowest BCUT2D eigenvalue weighted by atomic mass is 10.2. The first kappa shape index (κ1) is 20.2. The molecule has 0 aliphatic carbocycles. The monoisotopic (exact) mass is 435 g/mol. The largest absolute Gasteiger partial charge is 0.340 e. The van der Waals surface area contributed by atoms with E-state index in [9.17, 15) is 4.79 Å². The third-order valence-electron chi connectivity index (χ3n) is 5.01. The zero-order valence-electron chi connectivity index (χ0n) is 17.9. The van der Waals surface area contributed by atoms with Crippen LogP contribution in [0.4, 0.5) is 17.2 Å². The van der Waals surface area contributed by atoms with Crippen LogP contribution in [0.2, 0.25) is 0 Å². The van der Waals surface area contributed by atoms with Crippen molar-refractivity contribution < 1.29 is 4.79 Å². The molecule has 0 aliphatic heterocycles. The summed E-state index contributed by atoms with van der Waals surface area (Å²) in [5, 5.41) is 10.4. The van der Waals surface area contributed by atoms with Gasteiger partial charge in [-0.25, -0.2) is 14.6 Å². The number of nitrogens with zero attached hydrogens (tertiary/aromatic N) is 5. The van der Waals surface area contributed by atoms with Crippen LogP contribution >= 0.6 is 0 Å². The first-order chi connectivity index (χ1) is 16.1. The lowest BCUT2D eigenvalue weighted by Gasteiger charge is -2.10. The van der Waals surface area contributed by atoms with E-state index in [1.54, 1.807) is 10.9 Å². The molecule has 0 bridgehead atoms. The highest BCUT2D eigenvalue weighted by Gasteiger charge is 2.08. The Morgan fingerprint density at radius 3 is 2.27 bits per heavy atom. The van der Waals surface area contributed by atoms with E-state index in [1.165, 1.54) is 0 Å². The van der Waals surface area contributed by atoms with Crippen LogP contribution in [0, 0.1) is 6.92 Å². The first-order valence-corrected chi connectivity index (χ1v) is 10.4. The number of carbonyl (C=O) groups is 1. The molecule has 5 aromatic rings. The second-order valence-corrected chi connectivity index (χ2v) is 7.40. The summed E-state index contributed by atoms with van der Waals surface area (Å²) in [6, 6.07) is 22.5. The van der Waals surface area contributed by atoms with Crippen molar-refractivity contribution in [1.29, 1.82) is 0 Å². The Hall–Kier alpha value is -4.72. The van der Waals surface area contributed by atoms with Crippen LogP contribution in [0.1, 0.15) is 16.2 Å². The third kappa shape index (κ3) is 4.64. The second kappa shape index (κ2) is 8.80. The van der Waals surface area contributed by atoms with Gasteiger partial charge in [-0.05, 0) is 73.7 Å². The summed E-state index contributed by atoms with van der Waals surface area (Å²) in [7, 11) is 0. The lowest BCUT2D eigenvalue weighted by molar-refractivity contribution is 0.102. The van der Waals surface area contributed by atoms with E-state index in [1.807, 2.05) is 103 Å². The summed E-state index contributed by atoms with van der Waals surface area (Å²) in [4.78, 5) is 21.5. The van der Waals surface area contributed by atoms with Crippen LogP contribution in [0.25, 0.3) is 11.5 Å². The minimum Gasteiger partial charge on any atom is -0.340 e. The number of anilines is 3. The van der Waals surface area contributed by atoms with Gasteiger partial charge in [0.25, 0.3) is 5.91 Å². The molecule has 1 amide bonds. The van der Waals surface area contributed by atoms with Crippen molar-refractivity contribution in [2.75, 3.05) is 10.6 Å². The molecule has 0 unspecified atom stereocenters. The normalized spacial score (nSPS) is 10.7. The number of benzene rings is 2. The van der Waals surface area contributed by atoms with E-state index in [2.05, 4.69) is 25.7 Å². The summed E-state index contributed by atoms with van der Waals surface area (Å²) < 4.78 is 3.67.